The molecule has 13 nitrogen and oxygen atoms in total. The summed E-state index contributed by atoms with van der Waals surface area (Å²) in [6.45, 7) is 2.39. The van der Waals surface area contributed by atoms with Crippen LogP contribution >= 0.6 is 0 Å². The summed E-state index contributed by atoms with van der Waals surface area (Å²) in [7, 11) is -4.42. The first kappa shape index (κ1) is 29.3. The van der Waals surface area contributed by atoms with E-state index in [2.05, 4.69) is 20.0 Å². The molecule has 41 heavy (non-hydrogen) atoms. The average Bonchev–Trinajstić information content (AvgIpc) is 3.32. The van der Waals surface area contributed by atoms with Crippen LogP contribution in [0.15, 0.2) is 64.8 Å². The summed E-state index contributed by atoms with van der Waals surface area (Å²) in [4.78, 5) is 27.4. The molecule has 218 valence electrons. The van der Waals surface area contributed by atoms with E-state index < -0.39 is 46.6 Å². The first-order chi connectivity index (χ1) is 19.3. The van der Waals surface area contributed by atoms with Crippen LogP contribution in [0.3, 0.4) is 0 Å². The summed E-state index contributed by atoms with van der Waals surface area (Å²) in [6, 6.07) is 11.2. The van der Waals surface area contributed by atoms with Gasteiger partial charge in [0.2, 0.25) is 5.28 Å². The molecule has 0 spiro atoms. The van der Waals surface area contributed by atoms with Crippen molar-refractivity contribution in [2.45, 2.75) is 37.4 Å². The predicted octanol–water partition coefficient (Wildman–Crippen LogP) is 3.08. The lowest BCUT2D eigenvalue weighted by Crippen LogP contribution is -2.59. The van der Waals surface area contributed by atoms with E-state index in [1.165, 1.54) is 12.1 Å². The number of aryl methyl sites for hydroxylation is 1. The molecule has 17 heteroatoms. The second-order valence-corrected chi connectivity index (χ2v) is 10.5. The van der Waals surface area contributed by atoms with Crippen LogP contribution in [0.25, 0.3) is 16.9 Å². The van der Waals surface area contributed by atoms with E-state index in [4.69, 9.17) is 0 Å². The van der Waals surface area contributed by atoms with Crippen LogP contribution in [-0.4, -0.2) is 59.4 Å². The van der Waals surface area contributed by atoms with E-state index in [1.807, 2.05) is 11.6 Å². The van der Waals surface area contributed by atoms with Crippen molar-refractivity contribution in [3.8, 4) is 16.9 Å². The number of nitrogens with one attached hydrogen (secondary N) is 1. The number of carbonyl (C=O) groups is 2. The van der Waals surface area contributed by atoms with Gasteiger partial charge in [-0.1, -0.05) is 29.8 Å². The second kappa shape index (κ2) is 11.4. The summed E-state index contributed by atoms with van der Waals surface area (Å²) in [5.41, 5.74) is 0.517. The van der Waals surface area contributed by atoms with Crippen LogP contribution in [0.1, 0.15) is 24.6 Å². The fraction of sp³-hybridized carbons (Fsp3) is 0.292. The van der Waals surface area contributed by atoms with Crippen molar-refractivity contribution >= 4 is 21.9 Å². The summed E-state index contributed by atoms with van der Waals surface area (Å²) in [6.07, 6.45) is -4.57. The smallest absolute Gasteiger partial charge is 0.435 e. The number of aromatic nitrogens is 2. The standard InChI is InChI=1S/C24H23F3N6O7S/c1-15-3-5-17(6-4-15)21-13-22(24(25,26)27)28-32(21)18-7-9-19(10-8-18)41(37,38)29-23(35)20-11-12-31(20)33(36)30-40-14-39-16(2)34/h3-10,13,20H,11-12,14H2,1-2H3,(H,29,35)/b33-30+/t20-/m0/s1. The molecular weight excluding hydrogens is 573 g/mol. The largest absolute Gasteiger partial charge is 0.569 e. The number of esters is 1. The molecule has 0 saturated carbocycles. The van der Waals surface area contributed by atoms with Crippen LogP contribution in [0.4, 0.5) is 13.2 Å². The molecule has 1 N–H and O–H groups in total. The summed E-state index contributed by atoms with van der Waals surface area (Å²) in [5.74, 6) is -1.68. The number of benzene rings is 2. The fourth-order valence-electron chi connectivity index (χ4n) is 3.75. The molecule has 1 aliphatic rings. The Morgan fingerprint density at radius 2 is 1.83 bits per heavy atom. The normalized spacial score (nSPS) is 15.7. The number of carbonyl (C=O) groups excluding carboxylic acids is 2. The Morgan fingerprint density at radius 1 is 1.17 bits per heavy atom. The first-order valence-electron chi connectivity index (χ1n) is 11.9. The molecule has 0 radical (unpaired) electrons. The van der Waals surface area contributed by atoms with Gasteiger partial charge in [-0.25, -0.2) is 17.8 Å². The second-order valence-electron chi connectivity index (χ2n) is 8.84. The minimum Gasteiger partial charge on any atom is -0.569 e. The molecule has 1 saturated heterocycles. The van der Waals surface area contributed by atoms with Gasteiger partial charge in [-0.2, -0.15) is 18.3 Å². The van der Waals surface area contributed by atoms with Crippen LogP contribution in [0, 0.1) is 12.1 Å². The average molecular weight is 597 g/mol. The maximum Gasteiger partial charge on any atom is 0.435 e. The SMILES string of the molecule is CC(=O)OCO/N=[N+](/[O-])N1CC[C@H]1C(=O)NS(=O)(=O)c1ccc(-n2nc(C(F)(F)F)cc2-c2ccc(C)cc2)cc1. The number of sulfonamides is 1. The topological polar surface area (TPSA) is 158 Å². The Bertz CT molecular complexity index is 1570. The zero-order chi connectivity index (χ0) is 29.9. The van der Waals surface area contributed by atoms with Crippen LogP contribution in [0.2, 0.25) is 0 Å². The predicted molar refractivity (Wildman–Crippen MR) is 133 cm³/mol. The van der Waals surface area contributed by atoms with Crippen molar-refractivity contribution in [3.63, 3.8) is 0 Å². The van der Waals surface area contributed by atoms with Gasteiger partial charge in [-0.05, 0) is 37.3 Å². The van der Waals surface area contributed by atoms with Crippen molar-refractivity contribution in [1.29, 1.82) is 0 Å². The molecule has 1 aliphatic heterocycles. The number of hydrogen-bond donors (Lipinski definition) is 1. The highest BCUT2D eigenvalue weighted by Gasteiger charge is 2.42. The quantitative estimate of drug-likeness (QED) is 0.0979. The number of alkyl halides is 3. The zero-order valence-electron chi connectivity index (χ0n) is 21.5. The molecule has 3 aromatic rings. The van der Waals surface area contributed by atoms with Crippen molar-refractivity contribution < 1.29 is 45.7 Å². The molecule has 1 atom stereocenters. The minimum absolute atomic E-state index is 0.0659. The summed E-state index contributed by atoms with van der Waals surface area (Å²) >= 11 is 0. The van der Waals surface area contributed by atoms with E-state index >= 15 is 0 Å². The number of ether oxygens (including phenoxy) is 1. The highest BCUT2D eigenvalue weighted by atomic mass is 32.2. The number of halogens is 3. The lowest BCUT2D eigenvalue weighted by Gasteiger charge is -2.33. The maximum absolute atomic E-state index is 13.4. The number of amides is 1. The van der Waals surface area contributed by atoms with E-state index in [-0.39, 0.29) is 34.2 Å². The number of rotatable bonds is 9. The third kappa shape index (κ3) is 6.74. The molecule has 2 aromatic carbocycles. The van der Waals surface area contributed by atoms with Gasteiger partial charge in [0.25, 0.3) is 22.7 Å². The number of hydrogen-bond acceptors (Lipinski definition) is 9. The minimum atomic E-state index is -4.71. The number of hydrazine groups is 1. The van der Waals surface area contributed by atoms with Gasteiger partial charge in [0, 0.05) is 18.9 Å². The highest BCUT2D eigenvalue weighted by Crippen LogP contribution is 2.33. The monoisotopic (exact) mass is 596 g/mol. The molecular formula is C24H23F3N6O7S. The zero-order valence-corrected chi connectivity index (χ0v) is 22.3. The molecule has 4 rings (SSSR count). The molecule has 0 bridgehead atoms. The maximum atomic E-state index is 13.4. The van der Waals surface area contributed by atoms with E-state index in [0.29, 0.717) is 5.56 Å². The van der Waals surface area contributed by atoms with Gasteiger partial charge in [0.1, 0.15) is 0 Å². The van der Waals surface area contributed by atoms with Gasteiger partial charge in [-0.15, -0.1) is 5.01 Å². The van der Waals surface area contributed by atoms with Crippen molar-refractivity contribution in [1.82, 2.24) is 19.5 Å². The van der Waals surface area contributed by atoms with Gasteiger partial charge in [-0.3, -0.25) is 9.59 Å². The van der Waals surface area contributed by atoms with Crippen molar-refractivity contribution in [2.24, 2.45) is 5.28 Å². The molecule has 1 aromatic heterocycles. The molecule has 2 heterocycles. The van der Waals surface area contributed by atoms with E-state index in [9.17, 15) is 36.4 Å². The van der Waals surface area contributed by atoms with Crippen molar-refractivity contribution in [3.05, 3.63) is 71.1 Å². The Hall–Kier alpha value is -4.67. The lowest BCUT2D eigenvalue weighted by atomic mass is 10.1. The van der Waals surface area contributed by atoms with Gasteiger partial charge >= 0.3 is 12.1 Å². The fourth-order valence-corrected chi connectivity index (χ4v) is 4.76. The van der Waals surface area contributed by atoms with E-state index in [0.717, 1.165) is 40.4 Å². The van der Waals surface area contributed by atoms with Crippen LogP contribution < -0.4 is 4.72 Å². The van der Waals surface area contributed by atoms with E-state index in [1.54, 1.807) is 24.3 Å². The summed E-state index contributed by atoms with van der Waals surface area (Å²) in [5, 5.41) is 19.7. The number of nitrogens with zero attached hydrogens (tertiary/aromatic N) is 5. The lowest BCUT2D eigenvalue weighted by molar-refractivity contribution is -0.729. The first-order valence-corrected chi connectivity index (χ1v) is 13.4. The third-order valence-electron chi connectivity index (χ3n) is 5.93. The van der Waals surface area contributed by atoms with Gasteiger partial charge in [0.15, 0.2) is 11.7 Å². The Morgan fingerprint density at radius 3 is 2.39 bits per heavy atom. The molecule has 0 unspecified atom stereocenters. The molecule has 1 fully saturated rings. The Balaban J connectivity index is 1.50. The summed E-state index contributed by atoms with van der Waals surface area (Å²) < 4.78 is 73.4. The Labute approximate surface area is 231 Å². The van der Waals surface area contributed by atoms with Crippen LogP contribution in [-0.2, 0) is 35.4 Å². The highest BCUT2D eigenvalue weighted by molar-refractivity contribution is 7.90. The van der Waals surface area contributed by atoms with Gasteiger partial charge in [0.05, 0.1) is 27.8 Å². The Kier molecular flexibility index (Phi) is 8.18. The van der Waals surface area contributed by atoms with Crippen LogP contribution in [0.5, 0.6) is 0 Å². The van der Waals surface area contributed by atoms with Gasteiger partial charge < -0.3 is 14.8 Å². The van der Waals surface area contributed by atoms with Crippen molar-refractivity contribution in [2.75, 3.05) is 13.3 Å². The third-order valence-corrected chi connectivity index (χ3v) is 7.29. The molecule has 0 aliphatic carbocycles. The molecule has 1 amide bonds.